The Hall–Kier alpha value is -2.13. The number of aromatic nitrogens is 2. The van der Waals surface area contributed by atoms with E-state index >= 15 is 0 Å². The van der Waals surface area contributed by atoms with Crippen molar-refractivity contribution in [2.45, 2.75) is 6.42 Å². The third kappa shape index (κ3) is 2.37. The first-order valence-corrected chi connectivity index (χ1v) is 6.36. The Bertz CT molecular complexity index is 726. The van der Waals surface area contributed by atoms with E-state index in [4.69, 9.17) is 17.3 Å². The first-order valence-electron chi connectivity index (χ1n) is 5.98. The maximum absolute atomic E-state index is 6.11. The van der Waals surface area contributed by atoms with Crippen LogP contribution in [-0.4, -0.2) is 9.97 Å². The number of nitrogens with two attached hydrogens (primary N) is 1. The minimum atomic E-state index is 0.432. The summed E-state index contributed by atoms with van der Waals surface area (Å²) in [4.78, 5) is 8.86. The van der Waals surface area contributed by atoms with Crippen LogP contribution in [0.15, 0.2) is 48.5 Å². The van der Waals surface area contributed by atoms with Gasteiger partial charge in [-0.3, -0.25) is 0 Å². The van der Waals surface area contributed by atoms with Gasteiger partial charge >= 0.3 is 0 Å². The monoisotopic (exact) mass is 269 g/mol. The van der Waals surface area contributed by atoms with Gasteiger partial charge in [-0.05, 0) is 17.7 Å². The van der Waals surface area contributed by atoms with Gasteiger partial charge in [0.15, 0.2) is 0 Å². The highest BCUT2D eigenvalue weighted by Crippen LogP contribution is 2.26. The van der Waals surface area contributed by atoms with Crippen LogP contribution < -0.4 is 5.73 Å². The van der Waals surface area contributed by atoms with Gasteiger partial charge in [-0.2, -0.15) is 0 Å². The van der Waals surface area contributed by atoms with Crippen molar-refractivity contribution in [3.8, 4) is 0 Å². The predicted octanol–water partition coefficient (Wildman–Crippen LogP) is 3.46. The molecule has 2 N–H and O–H groups in total. The van der Waals surface area contributed by atoms with Gasteiger partial charge in [-0.15, -0.1) is 0 Å². The van der Waals surface area contributed by atoms with Crippen LogP contribution in [0.1, 0.15) is 11.4 Å². The van der Waals surface area contributed by atoms with Crippen molar-refractivity contribution in [2.75, 3.05) is 5.73 Å². The van der Waals surface area contributed by atoms with E-state index in [1.54, 1.807) is 6.07 Å². The van der Waals surface area contributed by atoms with Crippen LogP contribution >= 0.6 is 11.6 Å². The molecule has 3 aromatic rings. The summed E-state index contributed by atoms with van der Waals surface area (Å²) in [6.07, 6.45) is 0.660. The molecule has 94 valence electrons. The normalized spacial score (nSPS) is 10.8. The lowest BCUT2D eigenvalue weighted by Crippen LogP contribution is -2.02. The molecule has 1 aromatic heterocycles. The smallest absolute Gasteiger partial charge is 0.136 e. The number of nitrogens with zero attached hydrogens (tertiary/aromatic N) is 2. The first-order chi connectivity index (χ1) is 9.24. The van der Waals surface area contributed by atoms with Gasteiger partial charge in [-0.25, -0.2) is 9.97 Å². The average Bonchev–Trinajstić information content (AvgIpc) is 2.39. The van der Waals surface area contributed by atoms with E-state index in [-0.39, 0.29) is 0 Å². The third-order valence-corrected chi connectivity index (χ3v) is 3.27. The zero-order chi connectivity index (χ0) is 13.2. The zero-order valence-electron chi connectivity index (χ0n) is 10.2. The molecule has 19 heavy (non-hydrogen) atoms. The molecule has 0 spiro atoms. The lowest BCUT2D eigenvalue weighted by Gasteiger charge is -2.06. The van der Waals surface area contributed by atoms with Gasteiger partial charge in [0, 0.05) is 6.42 Å². The van der Waals surface area contributed by atoms with Gasteiger partial charge in [0.05, 0.1) is 15.9 Å². The Morgan fingerprint density at radius 3 is 2.53 bits per heavy atom. The fourth-order valence-electron chi connectivity index (χ4n) is 2.08. The predicted molar refractivity (Wildman–Crippen MR) is 78.2 cm³/mol. The van der Waals surface area contributed by atoms with Crippen LogP contribution in [0.5, 0.6) is 0 Å². The van der Waals surface area contributed by atoms with Crippen molar-refractivity contribution in [3.63, 3.8) is 0 Å². The summed E-state index contributed by atoms with van der Waals surface area (Å²) in [5.41, 5.74) is 7.92. The quantitative estimate of drug-likeness (QED) is 0.775. The lowest BCUT2D eigenvalue weighted by atomic mass is 10.1. The lowest BCUT2D eigenvalue weighted by molar-refractivity contribution is 0.998. The van der Waals surface area contributed by atoms with Crippen LogP contribution in [-0.2, 0) is 6.42 Å². The second-order valence-corrected chi connectivity index (χ2v) is 4.73. The number of benzene rings is 2. The van der Waals surface area contributed by atoms with E-state index in [0.717, 1.165) is 16.5 Å². The number of anilines is 1. The third-order valence-electron chi connectivity index (χ3n) is 2.95. The van der Waals surface area contributed by atoms with E-state index in [0.29, 0.717) is 23.1 Å². The van der Waals surface area contributed by atoms with E-state index in [1.165, 1.54) is 0 Å². The molecule has 0 atom stereocenters. The molecule has 0 radical (unpaired) electrons. The Labute approximate surface area is 116 Å². The minimum absolute atomic E-state index is 0.432. The number of fused-ring (bicyclic) bond motifs is 1. The Morgan fingerprint density at radius 2 is 1.74 bits per heavy atom. The molecule has 3 nitrogen and oxygen atoms in total. The summed E-state index contributed by atoms with van der Waals surface area (Å²) >= 11 is 6.11. The molecular weight excluding hydrogens is 258 g/mol. The fraction of sp³-hybridized carbons (Fsp3) is 0.0667. The highest BCUT2D eigenvalue weighted by Gasteiger charge is 2.08. The number of rotatable bonds is 2. The zero-order valence-corrected chi connectivity index (χ0v) is 10.9. The highest BCUT2D eigenvalue weighted by molar-refractivity contribution is 6.36. The van der Waals surface area contributed by atoms with Crippen LogP contribution in [0.2, 0.25) is 5.02 Å². The molecular formula is C15H12ClN3. The Kier molecular flexibility index (Phi) is 3.05. The molecule has 4 heteroatoms. The van der Waals surface area contributed by atoms with Crippen molar-refractivity contribution < 1.29 is 0 Å². The summed E-state index contributed by atoms with van der Waals surface area (Å²) in [5, 5.41) is 1.31. The van der Waals surface area contributed by atoms with E-state index in [9.17, 15) is 0 Å². The standard InChI is InChI=1S/C15H12ClN3/c16-11-7-4-8-12-14(11)15(17)19-13(18-12)9-10-5-2-1-3-6-10/h1-8H,9H2,(H2,17,18,19). The molecule has 0 fully saturated rings. The first kappa shape index (κ1) is 11.9. The van der Waals surface area contributed by atoms with Gasteiger partial charge in [0.1, 0.15) is 11.6 Å². The van der Waals surface area contributed by atoms with Gasteiger partial charge in [0.25, 0.3) is 0 Å². The SMILES string of the molecule is Nc1nc(Cc2ccccc2)nc2cccc(Cl)c12. The Balaban J connectivity index is 2.07. The Morgan fingerprint density at radius 1 is 0.947 bits per heavy atom. The molecule has 0 saturated carbocycles. The van der Waals surface area contributed by atoms with E-state index < -0.39 is 0 Å². The molecule has 1 heterocycles. The van der Waals surface area contributed by atoms with E-state index in [2.05, 4.69) is 9.97 Å². The van der Waals surface area contributed by atoms with Crippen LogP contribution in [0.3, 0.4) is 0 Å². The molecule has 0 aliphatic rings. The number of nitrogen functional groups attached to an aromatic ring is 1. The molecule has 0 unspecified atom stereocenters. The summed E-state index contributed by atoms with van der Waals surface area (Å²) in [7, 11) is 0. The summed E-state index contributed by atoms with van der Waals surface area (Å²) < 4.78 is 0. The molecule has 3 rings (SSSR count). The molecule has 0 saturated heterocycles. The molecule has 0 bridgehead atoms. The summed E-state index contributed by atoms with van der Waals surface area (Å²) in [6.45, 7) is 0. The number of hydrogen-bond acceptors (Lipinski definition) is 3. The molecule has 0 aliphatic carbocycles. The van der Waals surface area contributed by atoms with Crippen LogP contribution in [0, 0.1) is 0 Å². The average molecular weight is 270 g/mol. The van der Waals surface area contributed by atoms with Gasteiger partial charge in [-0.1, -0.05) is 48.0 Å². The molecule has 2 aromatic carbocycles. The molecule has 0 aliphatic heterocycles. The van der Waals surface area contributed by atoms with Gasteiger partial charge in [0.2, 0.25) is 0 Å². The second-order valence-electron chi connectivity index (χ2n) is 4.32. The van der Waals surface area contributed by atoms with Crippen LogP contribution in [0.4, 0.5) is 5.82 Å². The van der Waals surface area contributed by atoms with Gasteiger partial charge < -0.3 is 5.73 Å². The van der Waals surface area contributed by atoms with Crippen molar-refractivity contribution in [1.82, 2.24) is 9.97 Å². The largest absolute Gasteiger partial charge is 0.383 e. The minimum Gasteiger partial charge on any atom is -0.383 e. The number of halogens is 1. The fourth-order valence-corrected chi connectivity index (χ4v) is 2.34. The maximum atomic E-state index is 6.11. The van der Waals surface area contributed by atoms with Crippen LogP contribution in [0.25, 0.3) is 10.9 Å². The van der Waals surface area contributed by atoms with Crippen molar-refractivity contribution in [2.24, 2.45) is 0 Å². The van der Waals surface area contributed by atoms with Crippen molar-refractivity contribution >= 4 is 28.3 Å². The highest BCUT2D eigenvalue weighted by atomic mass is 35.5. The topological polar surface area (TPSA) is 51.8 Å². The number of hydrogen-bond donors (Lipinski definition) is 1. The van der Waals surface area contributed by atoms with E-state index in [1.807, 2.05) is 42.5 Å². The second kappa shape index (κ2) is 4.86. The summed E-state index contributed by atoms with van der Waals surface area (Å²) in [5.74, 6) is 1.14. The van der Waals surface area contributed by atoms with Crippen molar-refractivity contribution in [3.05, 3.63) is 64.9 Å². The molecule has 0 amide bonds. The van der Waals surface area contributed by atoms with Crippen molar-refractivity contribution in [1.29, 1.82) is 0 Å². The summed E-state index contributed by atoms with van der Waals surface area (Å²) in [6, 6.07) is 15.6. The maximum Gasteiger partial charge on any atom is 0.136 e.